The Kier molecular flexibility index (Phi) is 7.47. The van der Waals surface area contributed by atoms with E-state index in [1.54, 1.807) is 43.5 Å². The van der Waals surface area contributed by atoms with E-state index in [0.717, 1.165) is 11.1 Å². The van der Waals surface area contributed by atoms with Gasteiger partial charge in [0.15, 0.2) is 11.5 Å². The Morgan fingerprint density at radius 3 is 2.24 bits per heavy atom. The lowest BCUT2D eigenvalue weighted by molar-refractivity contribution is 0.151. The lowest BCUT2D eigenvalue weighted by Gasteiger charge is -2.20. The quantitative estimate of drug-likeness (QED) is 0.288. The second-order valence-corrected chi connectivity index (χ2v) is 8.45. The average molecular weight is 511 g/mol. The monoisotopic (exact) mass is 510 g/mol. The number of rotatable bonds is 9. The number of aliphatic hydroxyl groups excluding tert-OH is 1. The highest BCUT2D eigenvalue weighted by Gasteiger charge is 2.24. The molecule has 4 aromatic carbocycles. The van der Waals surface area contributed by atoms with Crippen LogP contribution in [0, 0.1) is 0 Å². The van der Waals surface area contributed by atoms with Crippen LogP contribution in [0.5, 0.6) is 11.5 Å². The summed E-state index contributed by atoms with van der Waals surface area (Å²) in [5.74, 6) is 0.900. The van der Waals surface area contributed by atoms with Gasteiger partial charge in [-0.1, -0.05) is 84.9 Å². The van der Waals surface area contributed by atoms with Crippen LogP contribution >= 0.6 is 0 Å². The fourth-order valence-electron chi connectivity index (χ4n) is 4.10. The van der Waals surface area contributed by atoms with Crippen LogP contribution in [0.2, 0.25) is 0 Å². The minimum absolute atomic E-state index is 0.0979. The molecule has 38 heavy (non-hydrogen) atoms. The number of aliphatic hydroxyl groups is 1. The molecule has 0 radical (unpaired) electrons. The summed E-state index contributed by atoms with van der Waals surface area (Å²) in [5, 5.41) is 19.7. The number of methoxy groups -OCH3 is 1. The third-order valence-electron chi connectivity index (χ3n) is 5.95. The number of hydrogen-bond donors (Lipinski definition) is 2. The van der Waals surface area contributed by atoms with Gasteiger partial charge >= 0.3 is 6.09 Å². The molecule has 0 saturated carbocycles. The molecule has 9 heteroatoms. The molecule has 1 atom stereocenters. The minimum atomic E-state index is -1.14. The maximum atomic E-state index is 12.5. The van der Waals surface area contributed by atoms with E-state index in [-0.39, 0.29) is 6.61 Å². The molecule has 1 heterocycles. The van der Waals surface area contributed by atoms with Crippen molar-refractivity contribution in [3.63, 3.8) is 0 Å². The summed E-state index contributed by atoms with van der Waals surface area (Å²) in [6, 6.07) is 29.6. The summed E-state index contributed by atoms with van der Waals surface area (Å²) in [6.07, 6.45) is -1.85. The highest BCUT2D eigenvalue weighted by atomic mass is 16.6. The van der Waals surface area contributed by atoms with Crippen LogP contribution in [0.1, 0.15) is 28.4 Å². The lowest BCUT2D eigenvalue weighted by Crippen LogP contribution is -2.25. The second-order valence-electron chi connectivity index (χ2n) is 8.45. The van der Waals surface area contributed by atoms with E-state index in [2.05, 4.69) is 15.7 Å². The van der Waals surface area contributed by atoms with Gasteiger partial charge in [0.05, 0.1) is 7.11 Å². The van der Waals surface area contributed by atoms with Crippen LogP contribution in [-0.4, -0.2) is 33.4 Å². The molecular formula is C29H26N4O5. The van der Waals surface area contributed by atoms with Crippen LogP contribution in [-0.2, 0) is 18.0 Å². The van der Waals surface area contributed by atoms with Crippen molar-refractivity contribution in [3.8, 4) is 11.5 Å². The Morgan fingerprint density at radius 1 is 0.868 bits per heavy atom. The number of ether oxygens (including phenoxy) is 3. The number of benzene rings is 4. The summed E-state index contributed by atoms with van der Waals surface area (Å²) >= 11 is 0. The number of amides is 1. The van der Waals surface area contributed by atoms with Gasteiger partial charge in [0.2, 0.25) is 0 Å². The van der Waals surface area contributed by atoms with Crippen molar-refractivity contribution < 1.29 is 24.1 Å². The smallest absolute Gasteiger partial charge is 0.428 e. The molecule has 2 N–H and O–H groups in total. The van der Waals surface area contributed by atoms with Crippen LogP contribution in [0.15, 0.2) is 97.1 Å². The topological polar surface area (TPSA) is 108 Å². The number of aromatic nitrogens is 3. The number of hydrogen-bond acceptors (Lipinski definition) is 7. The number of carbonyl (C=O) groups excluding carboxylic acids is 1. The first kappa shape index (κ1) is 24.8. The lowest BCUT2D eigenvalue weighted by atomic mass is 9.99. The molecule has 0 aliphatic rings. The molecule has 0 saturated heterocycles. The van der Waals surface area contributed by atoms with E-state index in [1.165, 1.54) is 4.79 Å². The number of nitrogens with zero attached hydrogens (tertiary/aromatic N) is 3. The fraction of sp³-hybridized carbons (Fsp3) is 0.138. The average Bonchev–Trinajstić information content (AvgIpc) is 3.38. The van der Waals surface area contributed by atoms with Gasteiger partial charge in [0.25, 0.3) is 0 Å². The van der Waals surface area contributed by atoms with Gasteiger partial charge in [-0.2, -0.15) is 0 Å². The molecule has 9 nitrogen and oxygen atoms in total. The molecule has 0 spiro atoms. The Bertz CT molecular complexity index is 1520. The van der Waals surface area contributed by atoms with E-state index >= 15 is 0 Å². The van der Waals surface area contributed by atoms with Crippen molar-refractivity contribution in [2.45, 2.75) is 19.3 Å². The summed E-state index contributed by atoms with van der Waals surface area (Å²) in [4.78, 5) is 13.7. The summed E-state index contributed by atoms with van der Waals surface area (Å²) in [5.41, 5.74) is 6.27. The predicted molar refractivity (Wildman–Crippen MR) is 141 cm³/mol. The van der Waals surface area contributed by atoms with E-state index in [9.17, 15) is 9.90 Å². The number of para-hydroxylation sites is 2. The van der Waals surface area contributed by atoms with Crippen molar-refractivity contribution >= 4 is 17.1 Å². The van der Waals surface area contributed by atoms with E-state index in [0.29, 0.717) is 40.3 Å². The maximum Gasteiger partial charge on any atom is 0.428 e. The molecule has 1 unspecified atom stereocenters. The van der Waals surface area contributed by atoms with Crippen molar-refractivity contribution in [3.05, 3.63) is 119 Å². The van der Waals surface area contributed by atoms with Crippen LogP contribution in [0.3, 0.4) is 0 Å². The number of fused-ring (bicyclic) bond motifs is 1. The molecule has 5 aromatic rings. The number of nitrogens with one attached hydrogen (secondary N) is 1. The zero-order chi connectivity index (χ0) is 26.3. The highest BCUT2D eigenvalue weighted by Crippen LogP contribution is 2.39. The highest BCUT2D eigenvalue weighted by molar-refractivity contribution is 5.83. The third-order valence-corrected chi connectivity index (χ3v) is 5.95. The second kappa shape index (κ2) is 11.4. The van der Waals surface area contributed by atoms with Crippen molar-refractivity contribution in [1.82, 2.24) is 15.1 Å². The molecule has 5 rings (SSSR count). The van der Waals surface area contributed by atoms with Gasteiger partial charge in [-0.15, -0.1) is 9.89 Å². The van der Waals surface area contributed by atoms with Crippen molar-refractivity contribution in [2.24, 2.45) is 0 Å². The summed E-state index contributed by atoms with van der Waals surface area (Å²) < 4.78 is 17.0. The molecule has 1 aromatic heterocycles. The molecule has 0 aliphatic heterocycles. The van der Waals surface area contributed by atoms with E-state index in [4.69, 9.17) is 14.2 Å². The van der Waals surface area contributed by atoms with E-state index in [1.807, 2.05) is 60.7 Å². The maximum absolute atomic E-state index is 12.5. The molecule has 192 valence electrons. The Hall–Kier alpha value is -4.89. The van der Waals surface area contributed by atoms with Crippen molar-refractivity contribution in [1.29, 1.82) is 0 Å². The first-order valence-electron chi connectivity index (χ1n) is 12.0. The van der Waals surface area contributed by atoms with E-state index < -0.39 is 12.2 Å². The summed E-state index contributed by atoms with van der Waals surface area (Å²) in [7, 11) is 1.55. The van der Waals surface area contributed by atoms with Gasteiger partial charge in [0.1, 0.15) is 30.4 Å². The zero-order valence-corrected chi connectivity index (χ0v) is 20.7. The molecule has 0 aliphatic carbocycles. The van der Waals surface area contributed by atoms with Crippen molar-refractivity contribution in [2.75, 3.05) is 12.5 Å². The predicted octanol–water partition coefficient (Wildman–Crippen LogP) is 4.98. The van der Waals surface area contributed by atoms with Crippen LogP contribution < -0.4 is 14.9 Å². The Balaban J connectivity index is 1.42. The molecule has 0 bridgehead atoms. The molecular weight excluding hydrogens is 484 g/mol. The normalized spacial score (nSPS) is 11.6. The fourth-order valence-corrected chi connectivity index (χ4v) is 4.10. The first-order chi connectivity index (χ1) is 18.6. The summed E-state index contributed by atoms with van der Waals surface area (Å²) in [6.45, 7) is 0.389. The SMILES string of the molecule is COc1cccc(C(O)c2cccc3nnn(NC(=O)OCc4ccccc4)c23)c1OCc1ccccc1. The molecule has 1 amide bonds. The van der Waals surface area contributed by atoms with Gasteiger partial charge in [0, 0.05) is 11.1 Å². The standard InChI is InChI=1S/C29H26N4O5/c1-36-25-17-9-15-23(28(25)37-18-20-10-4-2-5-11-20)27(34)22-14-8-16-24-26(22)33(32-30-24)31-29(35)38-19-21-12-6-3-7-13-21/h2-17,27,34H,18-19H2,1H3,(H,31,35). The first-order valence-corrected chi connectivity index (χ1v) is 12.0. The van der Waals surface area contributed by atoms with Gasteiger partial charge in [-0.3, -0.25) is 0 Å². The van der Waals surface area contributed by atoms with Gasteiger partial charge < -0.3 is 19.3 Å². The van der Waals surface area contributed by atoms with Gasteiger partial charge in [-0.25, -0.2) is 10.2 Å². The largest absolute Gasteiger partial charge is 0.493 e. The number of carbonyl (C=O) groups is 1. The Labute approximate surface area is 219 Å². The van der Waals surface area contributed by atoms with Crippen LogP contribution in [0.25, 0.3) is 11.0 Å². The Morgan fingerprint density at radius 2 is 1.53 bits per heavy atom. The minimum Gasteiger partial charge on any atom is -0.493 e. The third kappa shape index (κ3) is 5.42. The zero-order valence-electron chi connectivity index (χ0n) is 20.7. The van der Waals surface area contributed by atoms with Gasteiger partial charge in [-0.05, 0) is 28.5 Å². The van der Waals surface area contributed by atoms with Crippen LogP contribution in [0.4, 0.5) is 4.79 Å². The molecule has 0 fully saturated rings.